The van der Waals surface area contributed by atoms with Gasteiger partial charge in [-0.2, -0.15) is 0 Å². The lowest BCUT2D eigenvalue weighted by Gasteiger charge is -1.91. The second-order valence-corrected chi connectivity index (χ2v) is 3.15. The topological polar surface area (TPSA) is 38.0 Å². The number of nitrogens with zero attached hydrogens (tertiary/aromatic N) is 2. The Morgan fingerprint density at radius 2 is 2.43 bits per heavy atom. The quantitative estimate of drug-likeness (QED) is 0.777. The first-order valence-electron chi connectivity index (χ1n) is 4.50. The lowest BCUT2D eigenvalue weighted by Crippen LogP contribution is -1.85. The van der Waals surface area contributed by atoms with E-state index in [9.17, 15) is 0 Å². The molecule has 2 heterocycles. The number of aliphatic hydroxyl groups is 1. The fourth-order valence-corrected chi connectivity index (χ4v) is 1.56. The molecule has 0 unspecified atom stereocenters. The predicted octanol–water partition coefficient (Wildman–Crippen LogP) is 1.58. The molecule has 2 aromatic heterocycles. The number of hydrogen-bond acceptors (Lipinski definition) is 2. The first-order valence-corrected chi connectivity index (χ1v) is 4.50. The van der Waals surface area contributed by atoms with Crippen LogP contribution in [0, 0.1) is 0 Å². The van der Waals surface area contributed by atoms with Crippen molar-refractivity contribution >= 4 is 17.1 Å². The van der Waals surface area contributed by atoms with Crippen LogP contribution in [0.4, 0.5) is 0 Å². The van der Waals surface area contributed by atoms with Gasteiger partial charge in [0.25, 0.3) is 0 Å². The number of pyridine rings is 1. The highest BCUT2D eigenvalue weighted by molar-refractivity contribution is 5.86. The van der Waals surface area contributed by atoms with Gasteiger partial charge in [0.1, 0.15) is 5.65 Å². The molecule has 2 rings (SSSR count). The molecular weight excluding hydrogens is 176 g/mol. The number of aliphatic hydroxyl groups excluding tert-OH is 1. The van der Waals surface area contributed by atoms with E-state index in [0.29, 0.717) is 0 Å². The fraction of sp³-hybridized carbons (Fsp3) is 0.182. The van der Waals surface area contributed by atoms with Gasteiger partial charge in [-0.1, -0.05) is 12.2 Å². The number of rotatable bonds is 2. The average molecular weight is 188 g/mol. The smallest absolute Gasteiger partial charge is 0.140 e. The highest BCUT2D eigenvalue weighted by Crippen LogP contribution is 2.19. The van der Waals surface area contributed by atoms with Crippen molar-refractivity contribution in [1.29, 1.82) is 0 Å². The van der Waals surface area contributed by atoms with Crippen molar-refractivity contribution < 1.29 is 5.11 Å². The monoisotopic (exact) mass is 188 g/mol. The van der Waals surface area contributed by atoms with Crippen LogP contribution in [0.2, 0.25) is 0 Å². The Hall–Kier alpha value is -1.61. The summed E-state index contributed by atoms with van der Waals surface area (Å²) in [6.07, 6.45) is 7.41. The number of aryl methyl sites for hydroxylation is 1. The van der Waals surface area contributed by atoms with E-state index < -0.39 is 0 Å². The summed E-state index contributed by atoms with van der Waals surface area (Å²) in [5, 5.41) is 9.81. The van der Waals surface area contributed by atoms with Gasteiger partial charge in [-0.3, -0.25) is 0 Å². The number of fused-ring (bicyclic) bond motifs is 1. The Labute approximate surface area is 82.3 Å². The van der Waals surface area contributed by atoms with Crippen LogP contribution >= 0.6 is 0 Å². The lowest BCUT2D eigenvalue weighted by atomic mass is 10.2. The van der Waals surface area contributed by atoms with Crippen LogP contribution in [0.1, 0.15) is 5.56 Å². The maximum Gasteiger partial charge on any atom is 0.140 e. The summed E-state index contributed by atoms with van der Waals surface area (Å²) in [7, 11) is 1.96. The van der Waals surface area contributed by atoms with E-state index in [1.54, 1.807) is 12.3 Å². The van der Waals surface area contributed by atoms with Crippen molar-refractivity contribution in [3.8, 4) is 0 Å². The Balaban J connectivity index is 2.61. The number of aromatic nitrogens is 2. The summed E-state index contributed by atoms with van der Waals surface area (Å²) in [6.45, 7) is 0.0661. The fourth-order valence-electron chi connectivity index (χ4n) is 1.56. The molecule has 0 bridgehead atoms. The normalized spacial score (nSPS) is 11.6. The van der Waals surface area contributed by atoms with Crippen LogP contribution < -0.4 is 0 Å². The van der Waals surface area contributed by atoms with Crippen molar-refractivity contribution in [2.75, 3.05) is 6.61 Å². The van der Waals surface area contributed by atoms with E-state index in [0.717, 1.165) is 16.6 Å². The molecule has 0 fully saturated rings. The summed E-state index contributed by atoms with van der Waals surface area (Å²) in [6, 6.07) is 3.94. The molecule has 14 heavy (non-hydrogen) atoms. The first-order chi connectivity index (χ1) is 6.83. The van der Waals surface area contributed by atoms with Crippen molar-refractivity contribution in [1.82, 2.24) is 9.55 Å². The third-order valence-electron chi connectivity index (χ3n) is 2.17. The van der Waals surface area contributed by atoms with Crippen LogP contribution in [-0.4, -0.2) is 21.3 Å². The van der Waals surface area contributed by atoms with Crippen molar-refractivity contribution in [2.45, 2.75) is 0 Å². The molecule has 0 radical (unpaired) electrons. The summed E-state index contributed by atoms with van der Waals surface area (Å²) < 4.78 is 1.98. The Bertz CT molecular complexity index is 471. The Morgan fingerprint density at radius 3 is 3.21 bits per heavy atom. The van der Waals surface area contributed by atoms with Crippen molar-refractivity contribution in [2.24, 2.45) is 7.05 Å². The molecule has 0 aliphatic carbocycles. The minimum Gasteiger partial charge on any atom is -0.392 e. The minimum absolute atomic E-state index is 0.0661. The molecule has 0 aliphatic heterocycles. The van der Waals surface area contributed by atoms with Crippen LogP contribution in [-0.2, 0) is 7.05 Å². The van der Waals surface area contributed by atoms with Gasteiger partial charge in [-0.25, -0.2) is 4.98 Å². The Kier molecular flexibility index (Phi) is 2.33. The third kappa shape index (κ3) is 1.42. The summed E-state index contributed by atoms with van der Waals surface area (Å²) in [5.41, 5.74) is 2.05. The molecule has 0 aliphatic rings. The molecule has 3 heteroatoms. The van der Waals surface area contributed by atoms with Gasteiger partial charge in [0.15, 0.2) is 0 Å². The summed E-state index contributed by atoms with van der Waals surface area (Å²) in [5.74, 6) is 0. The van der Waals surface area contributed by atoms with E-state index in [1.807, 2.05) is 36.0 Å². The molecule has 72 valence electrons. The molecule has 0 saturated heterocycles. The van der Waals surface area contributed by atoms with Crippen LogP contribution in [0.25, 0.3) is 17.1 Å². The molecule has 0 spiro atoms. The zero-order valence-corrected chi connectivity index (χ0v) is 8.01. The minimum atomic E-state index is 0.0661. The van der Waals surface area contributed by atoms with E-state index in [-0.39, 0.29) is 6.61 Å². The van der Waals surface area contributed by atoms with Gasteiger partial charge in [0.05, 0.1) is 6.61 Å². The van der Waals surface area contributed by atoms with Crippen LogP contribution in [0.5, 0.6) is 0 Å². The van der Waals surface area contributed by atoms with Crippen LogP contribution in [0.15, 0.2) is 30.6 Å². The molecular formula is C11H12N2O. The second kappa shape index (κ2) is 3.64. The molecule has 0 saturated carbocycles. The lowest BCUT2D eigenvalue weighted by molar-refractivity contribution is 0.343. The highest BCUT2D eigenvalue weighted by atomic mass is 16.2. The highest BCUT2D eigenvalue weighted by Gasteiger charge is 2.02. The average Bonchev–Trinajstić information content (AvgIpc) is 2.54. The first kappa shape index (κ1) is 8.97. The molecule has 1 N–H and O–H groups in total. The van der Waals surface area contributed by atoms with Gasteiger partial charge in [-0.05, 0) is 12.1 Å². The summed E-state index contributed by atoms with van der Waals surface area (Å²) >= 11 is 0. The van der Waals surface area contributed by atoms with Gasteiger partial charge < -0.3 is 9.67 Å². The standard InChI is InChI=1S/C11H12N2O/c1-13-8-9(4-3-7-14)10-5-2-6-12-11(10)13/h2-6,8,14H,7H2,1H3/b4-3+. The van der Waals surface area contributed by atoms with Gasteiger partial charge in [0.2, 0.25) is 0 Å². The van der Waals surface area contributed by atoms with Gasteiger partial charge in [0, 0.05) is 30.4 Å². The second-order valence-electron chi connectivity index (χ2n) is 3.15. The molecule has 0 amide bonds. The zero-order valence-electron chi connectivity index (χ0n) is 8.01. The van der Waals surface area contributed by atoms with Gasteiger partial charge >= 0.3 is 0 Å². The maximum absolute atomic E-state index is 8.70. The SMILES string of the molecule is Cn1cc(/C=C/CO)c2cccnc21. The van der Waals surface area contributed by atoms with E-state index in [4.69, 9.17) is 5.11 Å². The zero-order chi connectivity index (χ0) is 9.97. The molecule has 3 nitrogen and oxygen atoms in total. The molecule has 0 aromatic carbocycles. The predicted molar refractivity (Wildman–Crippen MR) is 56.8 cm³/mol. The number of hydrogen-bond donors (Lipinski definition) is 1. The van der Waals surface area contributed by atoms with E-state index in [2.05, 4.69) is 4.98 Å². The van der Waals surface area contributed by atoms with E-state index in [1.165, 1.54) is 0 Å². The molecule has 2 aromatic rings. The summed E-state index contributed by atoms with van der Waals surface area (Å²) in [4.78, 5) is 4.28. The van der Waals surface area contributed by atoms with E-state index >= 15 is 0 Å². The Morgan fingerprint density at radius 1 is 1.57 bits per heavy atom. The van der Waals surface area contributed by atoms with Gasteiger partial charge in [-0.15, -0.1) is 0 Å². The third-order valence-corrected chi connectivity index (χ3v) is 2.17. The largest absolute Gasteiger partial charge is 0.392 e. The van der Waals surface area contributed by atoms with Crippen molar-refractivity contribution in [3.63, 3.8) is 0 Å². The van der Waals surface area contributed by atoms with Crippen LogP contribution in [0.3, 0.4) is 0 Å². The van der Waals surface area contributed by atoms with Crippen molar-refractivity contribution in [3.05, 3.63) is 36.2 Å². The maximum atomic E-state index is 8.70. The molecule has 0 atom stereocenters.